The number of nitrogens with one attached hydrogen (secondary N) is 1. The summed E-state index contributed by atoms with van der Waals surface area (Å²) in [4.78, 5) is 35.4. The molecule has 8 nitrogen and oxygen atoms in total. The van der Waals surface area contributed by atoms with Crippen molar-refractivity contribution in [2.24, 2.45) is 7.05 Å². The van der Waals surface area contributed by atoms with Gasteiger partial charge in [0.25, 0.3) is 5.56 Å². The second-order valence-electron chi connectivity index (χ2n) is 5.95. The first-order valence-electron chi connectivity index (χ1n) is 8.25. The summed E-state index contributed by atoms with van der Waals surface area (Å²) in [5.41, 5.74) is 1.42. The van der Waals surface area contributed by atoms with Crippen molar-refractivity contribution in [3.63, 3.8) is 0 Å². The van der Waals surface area contributed by atoms with E-state index in [0.29, 0.717) is 15.3 Å². The van der Waals surface area contributed by atoms with Gasteiger partial charge in [-0.3, -0.25) is 18.8 Å². The molecule has 0 saturated carbocycles. The van der Waals surface area contributed by atoms with Gasteiger partial charge in [0.15, 0.2) is 5.13 Å². The number of nitrogens with zero attached hydrogens (tertiary/aromatic N) is 5. The highest BCUT2D eigenvalue weighted by Gasteiger charge is 2.13. The average molecular weight is 400 g/mol. The van der Waals surface area contributed by atoms with E-state index in [4.69, 9.17) is 0 Å². The lowest BCUT2D eigenvalue weighted by Crippen LogP contribution is -2.27. The van der Waals surface area contributed by atoms with Crippen LogP contribution in [0.2, 0.25) is 0 Å². The zero-order valence-corrected chi connectivity index (χ0v) is 16.3. The maximum absolute atomic E-state index is 12.6. The van der Waals surface area contributed by atoms with Crippen LogP contribution in [0.1, 0.15) is 11.8 Å². The lowest BCUT2D eigenvalue weighted by molar-refractivity contribution is -0.116. The minimum absolute atomic E-state index is 0.110. The molecule has 0 aromatic carbocycles. The summed E-state index contributed by atoms with van der Waals surface area (Å²) in [5, 5.41) is 9.73. The third-order valence-corrected chi connectivity index (χ3v) is 5.93. The van der Waals surface area contributed by atoms with Crippen molar-refractivity contribution in [1.82, 2.24) is 24.3 Å². The highest BCUT2D eigenvalue weighted by atomic mass is 32.1. The van der Waals surface area contributed by atoms with Crippen LogP contribution in [-0.4, -0.2) is 30.2 Å². The summed E-state index contributed by atoms with van der Waals surface area (Å²) >= 11 is 2.83. The second kappa shape index (κ2) is 7.05. The number of thiazole rings is 1. The molecule has 0 spiro atoms. The van der Waals surface area contributed by atoms with Crippen LogP contribution in [0.25, 0.3) is 21.5 Å². The Bertz CT molecular complexity index is 1190. The number of carbonyl (C=O) groups excluding carboxylic acids is 1. The third kappa shape index (κ3) is 3.53. The first kappa shape index (κ1) is 17.6. The predicted molar refractivity (Wildman–Crippen MR) is 106 cm³/mol. The van der Waals surface area contributed by atoms with E-state index in [1.165, 1.54) is 33.6 Å². The molecule has 1 amide bonds. The number of rotatable bonds is 5. The Morgan fingerprint density at radius 3 is 2.96 bits per heavy atom. The highest BCUT2D eigenvalue weighted by Crippen LogP contribution is 2.24. The number of thiophene rings is 1. The van der Waals surface area contributed by atoms with Gasteiger partial charge in [-0.25, -0.2) is 9.97 Å². The quantitative estimate of drug-likeness (QED) is 0.555. The van der Waals surface area contributed by atoms with Gasteiger partial charge in [0.05, 0.1) is 23.6 Å². The molecule has 4 aromatic heterocycles. The number of anilines is 1. The largest absolute Gasteiger partial charge is 0.300 e. The molecule has 4 rings (SSSR count). The zero-order valence-electron chi connectivity index (χ0n) is 14.7. The smallest absolute Gasteiger partial charge is 0.262 e. The van der Waals surface area contributed by atoms with Crippen molar-refractivity contribution in [2.75, 3.05) is 5.32 Å². The Kier molecular flexibility index (Phi) is 4.58. The Morgan fingerprint density at radius 1 is 1.37 bits per heavy atom. The van der Waals surface area contributed by atoms with Gasteiger partial charge < -0.3 is 5.32 Å². The summed E-state index contributed by atoms with van der Waals surface area (Å²) < 4.78 is 3.01. The SMILES string of the molecule is CCc1cc2c(=O)n(CC(=O)Nc3nc(-c4cnn(C)c4)cs3)cnc2s1. The van der Waals surface area contributed by atoms with Gasteiger partial charge in [0, 0.05) is 29.1 Å². The van der Waals surface area contributed by atoms with E-state index in [0.717, 1.165) is 22.6 Å². The third-order valence-electron chi connectivity index (χ3n) is 3.98. The van der Waals surface area contributed by atoms with E-state index in [-0.39, 0.29) is 18.0 Å². The summed E-state index contributed by atoms with van der Waals surface area (Å²) in [6, 6.07) is 1.85. The van der Waals surface area contributed by atoms with Crippen LogP contribution in [0.15, 0.2) is 35.0 Å². The van der Waals surface area contributed by atoms with E-state index in [2.05, 4.69) is 20.4 Å². The van der Waals surface area contributed by atoms with Gasteiger partial charge >= 0.3 is 0 Å². The van der Waals surface area contributed by atoms with Crippen LogP contribution in [0.5, 0.6) is 0 Å². The number of carbonyl (C=O) groups is 1. The summed E-state index contributed by atoms with van der Waals surface area (Å²) in [6.45, 7) is 1.92. The monoisotopic (exact) mass is 400 g/mol. The summed E-state index contributed by atoms with van der Waals surface area (Å²) in [5.74, 6) is -0.323. The molecule has 0 atom stereocenters. The average Bonchev–Trinajstić information content (AvgIpc) is 3.36. The zero-order chi connectivity index (χ0) is 19.0. The van der Waals surface area contributed by atoms with Crippen molar-refractivity contribution < 1.29 is 4.79 Å². The number of aromatic nitrogens is 5. The Labute approximate surface area is 162 Å². The first-order valence-corrected chi connectivity index (χ1v) is 9.95. The molecule has 0 radical (unpaired) electrons. The van der Waals surface area contributed by atoms with E-state index < -0.39 is 0 Å². The van der Waals surface area contributed by atoms with Crippen molar-refractivity contribution in [2.45, 2.75) is 19.9 Å². The number of hydrogen-bond acceptors (Lipinski definition) is 7. The van der Waals surface area contributed by atoms with Crippen LogP contribution in [0, 0.1) is 0 Å². The van der Waals surface area contributed by atoms with Gasteiger partial charge in [-0.2, -0.15) is 5.10 Å². The van der Waals surface area contributed by atoms with Gasteiger partial charge in [0.2, 0.25) is 5.91 Å². The van der Waals surface area contributed by atoms with E-state index >= 15 is 0 Å². The minimum Gasteiger partial charge on any atom is -0.300 e. The molecule has 4 aromatic rings. The molecule has 1 N–H and O–H groups in total. The highest BCUT2D eigenvalue weighted by molar-refractivity contribution is 7.18. The molecule has 0 saturated heterocycles. The van der Waals surface area contributed by atoms with Gasteiger partial charge in [-0.05, 0) is 12.5 Å². The van der Waals surface area contributed by atoms with Crippen LogP contribution in [0.4, 0.5) is 5.13 Å². The topological polar surface area (TPSA) is 94.7 Å². The maximum Gasteiger partial charge on any atom is 0.262 e. The summed E-state index contributed by atoms with van der Waals surface area (Å²) in [7, 11) is 1.83. The van der Waals surface area contributed by atoms with Gasteiger partial charge in [-0.15, -0.1) is 22.7 Å². The van der Waals surface area contributed by atoms with Crippen molar-refractivity contribution in [3.8, 4) is 11.3 Å². The van der Waals surface area contributed by atoms with Crippen molar-refractivity contribution in [1.29, 1.82) is 0 Å². The predicted octanol–water partition coefficient (Wildman–Crippen LogP) is 2.52. The molecule has 0 aliphatic heterocycles. The van der Waals surface area contributed by atoms with E-state index in [1.807, 2.05) is 31.6 Å². The van der Waals surface area contributed by atoms with E-state index in [1.54, 1.807) is 10.9 Å². The molecule has 4 heterocycles. The molecule has 0 bridgehead atoms. The van der Waals surface area contributed by atoms with Crippen LogP contribution in [-0.2, 0) is 24.8 Å². The molecule has 138 valence electrons. The lowest BCUT2D eigenvalue weighted by atomic mass is 10.3. The molecular weight excluding hydrogens is 384 g/mol. The normalized spacial score (nSPS) is 11.2. The maximum atomic E-state index is 12.6. The fourth-order valence-electron chi connectivity index (χ4n) is 2.63. The summed E-state index contributed by atoms with van der Waals surface area (Å²) in [6.07, 6.45) is 5.84. The Balaban J connectivity index is 1.50. The fourth-order valence-corrected chi connectivity index (χ4v) is 4.29. The molecule has 0 fully saturated rings. The van der Waals surface area contributed by atoms with Crippen molar-refractivity contribution in [3.05, 3.63) is 45.4 Å². The van der Waals surface area contributed by atoms with Crippen LogP contribution < -0.4 is 10.9 Å². The molecule has 0 aliphatic rings. The minimum atomic E-state index is -0.323. The second-order valence-corrected chi connectivity index (χ2v) is 7.92. The first-order chi connectivity index (χ1) is 13.0. The molecular formula is C17H16N6O2S2. The molecule has 10 heteroatoms. The number of amides is 1. The van der Waals surface area contributed by atoms with Crippen LogP contribution >= 0.6 is 22.7 Å². The molecule has 27 heavy (non-hydrogen) atoms. The van der Waals surface area contributed by atoms with Gasteiger partial charge in [0.1, 0.15) is 11.4 Å². The number of hydrogen-bond donors (Lipinski definition) is 1. The fraction of sp³-hybridized carbons (Fsp3) is 0.235. The molecule has 0 aliphatic carbocycles. The lowest BCUT2D eigenvalue weighted by Gasteiger charge is -2.04. The number of aryl methyl sites for hydroxylation is 2. The van der Waals surface area contributed by atoms with E-state index in [9.17, 15) is 9.59 Å². The Hall–Kier alpha value is -2.85. The standard InChI is InChI=1S/C17H16N6O2S2/c1-3-11-4-12-15(27-11)18-9-23(16(12)25)7-14(24)21-17-20-13(8-26-17)10-5-19-22(2)6-10/h4-6,8-9H,3,7H2,1-2H3,(H,20,21,24). The molecule has 0 unspecified atom stereocenters. The van der Waals surface area contributed by atoms with Gasteiger partial charge in [-0.1, -0.05) is 6.92 Å². The van der Waals surface area contributed by atoms with Crippen LogP contribution in [0.3, 0.4) is 0 Å². The number of fused-ring (bicyclic) bond motifs is 1. The Morgan fingerprint density at radius 2 is 2.22 bits per heavy atom. The van der Waals surface area contributed by atoms with Crippen molar-refractivity contribution >= 4 is 43.9 Å².